The second-order valence-electron chi connectivity index (χ2n) is 13.4. The number of nitrogens with zero attached hydrogens (tertiary/aromatic N) is 2. The van der Waals surface area contributed by atoms with Gasteiger partial charge in [-0.25, -0.2) is 19.2 Å². The van der Waals surface area contributed by atoms with Gasteiger partial charge in [0.15, 0.2) is 11.5 Å². The average Bonchev–Trinajstić information content (AvgIpc) is 3.81. The first-order valence-electron chi connectivity index (χ1n) is 17.9. The molecule has 14 nitrogen and oxygen atoms in total. The second-order valence-corrected chi connectivity index (χ2v) is 14.4. The third kappa shape index (κ3) is 12.3. The van der Waals surface area contributed by atoms with Gasteiger partial charge >= 0.3 is 23.9 Å². The smallest absolute Gasteiger partial charge is 0.414 e. The molecule has 6 rings (SSSR count). The molecule has 15 heteroatoms. The normalized spacial score (nSPS) is 16.7. The van der Waals surface area contributed by atoms with E-state index in [1.165, 1.54) is 54.6 Å². The lowest BCUT2D eigenvalue weighted by molar-refractivity contribution is -0.159. The lowest BCUT2D eigenvalue weighted by atomic mass is 9.91. The zero-order valence-corrected chi connectivity index (χ0v) is 31.9. The Labute approximate surface area is 323 Å². The first-order chi connectivity index (χ1) is 26.3. The number of ether oxygens (including phenoxy) is 3. The molecular weight excluding hydrogens is 733 g/mol. The maximum atomic E-state index is 10.2. The van der Waals surface area contributed by atoms with Gasteiger partial charge in [-0.3, -0.25) is 4.90 Å². The summed E-state index contributed by atoms with van der Waals surface area (Å²) in [5.74, 6) is -4.52. The molecule has 4 aromatic rings. The minimum absolute atomic E-state index is 0.163. The van der Waals surface area contributed by atoms with Crippen LogP contribution in [0.5, 0.6) is 23.0 Å². The summed E-state index contributed by atoms with van der Waals surface area (Å²) in [6.07, 6.45) is 8.18. The zero-order chi connectivity index (χ0) is 40.1. The molecule has 2 fully saturated rings. The summed E-state index contributed by atoms with van der Waals surface area (Å²) in [5.41, 5.74) is 3.56. The summed E-state index contributed by atoms with van der Waals surface area (Å²) in [4.78, 5) is 42.4. The number of thiophene rings is 1. The van der Waals surface area contributed by atoms with Crippen molar-refractivity contribution >= 4 is 45.3 Å². The van der Waals surface area contributed by atoms with Crippen molar-refractivity contribution in [2.45, 2.75) is 57.1 Å². The van der Waals surface area contributed by atoms with E-state index in [4.69, 9.17) is 53.8 Å². The number of aliphatic carboxylic acids is 4. The molecule has 1 aliphatic carbocycles. The molecule has 0 unspecified atom stereocenters. The molecule has 2 heterocycles. The second kappa shape index (κ2) is 20.3. The van der Waals surface area contributed by atoms with E-state index in [2.05, 4.69) is 66.4 Å². The number of phenols is 1. The molecule has 1 aromatic heterocycles. The number of carboxylic acid groups (broad SMARTS) is 4. The van der Waals surface area contributed by atoms with Crippen LogP contribution in [0.25, 0.3) is 20.5 Å². The van der Waals surface area contributed by atoms with Gasteiger partial charge in [-0.15, -0.1) is 11.3 Å². The highest BCUT2D eigenvalue weighted by Gasteiger charge is 2.29. The van der Waals surface area contributed by atoms with E-state index in [1.807, 2.05) is 12.1 Å². The Kier molecular flexibility index (Phi) is 15.7. The van der Waals surface area contributed by atoms with E-state index < -0.39 is 23.9 Å². The van der Waals surface area contributed by atoms with Gasteiger partial charge in [0.25, 0.3) is 0 Å². The van der Waals surface area contributed by atoms with Crippen molar-refractivity contribution < 1.29 is 58.9 Å². The van der Waals surface area contributed by atoms with E-state index >= 15 is 0 Å². The minimum Gasteiger partial charge on any atom is -0.508 e. The molecule has 55 heavy (non-hydrogen) atoms. The number of hydrogen-bond acceptors (Lipinski definition) is 11. The van der Waals surface area contributed by atoms with Crippen LogP contribution in [-0.4, -0.2) is 119 Å². The molecule has 296 valence electrons. The van der Waals surface area contributed by atoms with Crippen LogP contribution in [0.1, 0.15) is 49.7 Å². The number of likely N-dealkylation sites (N-methyl/N-ethyl adjacent to an activating group) is 1. The van der Waals surface area contributed by atoms with Crippen molar-refractivity contribution in [3.63, 3.8) is 0 Å². The maximum absolute atomic E-state index is 10.2. The average molecular weight is 781 g/mol. The van der Waals surface area contributed by atoms with Crippen molar-refractivity contribution in [1.82, 2.24) is 9.80 Å². The van der Waals surface area contributed by atoms with Gasteiger partial charge in [0.2, 0.25) is 0 Å². The van der Waals surface area contributed by atoms with Gasteiger partial charge in [-0.2, -0.15) is 0 Å². The minimum atomic E-state index is -1.82. The number of hydrogen-bond donors (Lipinski definition) is 5. The number of phenolic OH excluding ortho intramolecular Hbond substituents is 1. The summed E-state index contributed by atoms with van der Waals surface area (Å²) in [6, 6.07) is 20.9. The lowest BCUT2D eigenvalue weighted by Crippen LogP contribution is -2.44. The van der Waals surface area contributed by atoms with Gasteiger partial charge in [0, 0.05) is 22.2 Å². The Morgan fingerprint density at radius 2 is 1.44 bits per heavy atom. The van der Waals surface area contributed by atoms with Crippen molar-refractivity contribution in [1.29, 1.82) is 0 Å². The third-order valence-electron chi connectivity index (χ3n) is 9.35. The Morgan fingerprint density at radius 1 is 0.800 bits per heavy atom. The fourth-order valence-electron chi connectivity index (χ4n) is 6.64. The summed E-state index contributed by atoms with van der Waals surface area (Å²) in [7, 11) is 6.01. The van der Waals surface area contributed by atoms with Crippen LogP contribution in [-0.2, 0) is 25.6 Å². The Balaban J connectivity index is 0.000000488. The molecule has 5 N–H and O–H groups in total. The van der Waals surface area contributed by atoms with Crippen LogP contribution in [0.3, 0.4) is 0 Å². The van der Waals surface area contributed by atoms with Gasteiger partial charge in [-0.1, -0.05) is 12.5 Å². The van der Waals surface area contributed by atoms with Crippen LogP contribution in [0.4, 0.5) is 0 Å². The highest BCUT2D eigenvalue weighted by atomic mass is 32.1. The fourth-order valence-corrected chi connectivity index (χ4v) is 7.90. The van der Waals surface area contributed by atoms with Gasteiger partial charge in [0.05, 0.1) is 7.11 Å². The summed E-state index contributed by atoms with van der Waals surface area (Å²) < 4.78 is 19.6. The first kappa shape index (κ1) is 42.4. The largest absolute Gasteiger partial charge is 0.508 e. The van der Waals surface area contributed by atoms with E-state index in [9.17, 15) is 5.11 Å². The first-order valence-corrected chi connectivity index (χ1v) is 18.7. The van der Waals surface area contributed by atoms with E-state index in [1.54, 1.807) is 24.5 Å². The van der Waals surface area contributed by atoms with Crippen molar-refractivity contribution in [3.05, 3.63) is 71.8 Å². The molecular formula is C40H48N2O12S. The molecule has 0 bridgehead atoms. The van der Waals surface area contributed by atoms with E-state index in [0.29, 0.717) is 12.6 Å². The van der Waals surface area contributed by atoms with Gasteiger partial charge < -0.3 is 44.6 Å². The molecule has 0 amide bonds. The highest BCUT2D eigenvalue weighted by molar-refractivity contribution is 7.22. The number of methoxy groups -OCH3 is 1. The highest BCUT2D eigenvalue weighted by Crippen LogP contribution is 2.42. The Bertz CT molecular complexity index is 1870. The predicted octanol–water partition coefficient (Wildman–Crippen LogP) is 5.91. The SMILES string of the molecule is COc1cc(Cc2c(-c3ccc(OCCN4CCCC4)cc3)sc3cc(O)ccc23)ccc1O[C@@H]1CCCC[C@H]1N(C)C.O=C(O)C(=O)O.O=C(O)C(=O)O. The van der Waals surface area contributed by atoms with Crippen molar-refractivity contribution in [3.8, 4) is 33.4 Å². The topological polar surface area (TPSA) is 204 Å². The quantitative estimate of drug-likeness (QED) is 0.112. The fraction of sp³-hybridized carbons (Fsp3) is 0.400. The zero-order valence-electron chi connectivity index (χ0n) is 31.1. The monoisotopic (exact) mass is 780 g/mol. The summed E-state index contributed by atoms with van der Waals surface area (Å²) in [6.45, 7) is 4.07. The van der Waals surface area contributed by atoms with Crippen LogP contribution in [0.2, 0.25) is 0 Å². The molecule has 0 radical (unpaired) electrons. The van der Waals surface area contributed by atoms with Crippen molar-refractivity contribution in [2.24, 2.45) is 0 Å². The third-order valence-corrected chi connectivity index (χ3v) is 10.6. The molecule has 1 saturated heterocycles. The summed E-state index contributed by atoms with van der Waals surface area (Å²) >= 11 is 1.72. The van der Waals surface area contributed by atoms with Crippen LogP contribution in [0.15, 0.2) is 60.7 Å². The van der Waals surface area contributed by atoms with E-state index in [-0.39, 0.29) is 11.9 Å². The number of carbonyl (C=O) groups is 4. The number of likely N-dealkylation sites (tertiary alicyclic amines) is 1. The van der Waals surface area contributed by atoms with Gasteiger partial charge in [0.1, 0.15) is 24.2 Å². The lowest BCUT2D eigenvalue weighted by Gasteiger charge is -2.36. The molecule has 0 spiro atoms. The molecule has 2 atom stereocenters. The molecule has 1 saturated carbocycles. The van der Waals surface area contributed by atoms with Gasteiger partial charge in [-0.05, 0) is 142 Å². The van der Waals surface area contributed by atoms with Crippen LogP contribution < -0.4 is 14.2 Å². The Hall–Kier alpha value is -5.38. The number of rotatable bonds is 11. The molecule has 2 aliphatic rings. The van der Waals surface area contributed by atoms with Crippen LogP contribution >= 0.6 is 11.3 Å². The summed E-state index contributed by atoms with van der Waals surface area (Å²) in [5, 5.41) is 41.0. The van der Waals surface area contributed by atoms with Crippen molar-refractivity contribution in [2.75, 3.05) is 47.4 Å². The van der Waals surface area contributed by atoms with Crippen LogP contribution in [0, 0.1) is 0 Å². The van der Waals surface area contributed by atoms with E-state index in [0.717, 1.165) is 58.9 Å². The standard InChI is InChI=1S/C36H44N2O4S.2C2H2O4/c1-37(2)31-8-4-5-9-32(31)42-33-17-10-25(23-34(33)40-3)22-30-29-16-13-27(39)24-35(29)43-36(30)26-11-14-28(15-12-26)41-21-20-38-18-6-7-19-38;2*3-1(4)2(5)6/h10-17,23-24,31-32,39H,4-9,18-22H2,1-3H3;2*(H,3,4)(H,5,6)/t31-,32-;;/m1../s1. The molecule has 3 aromatic carbocycles. The number of benzene rings is 3. The predicted molar refractivity (Wildman–Crippen MR) is 207 cm³/mol. The number of carboxylic acids is 4. The Morgan fingerprint density at radius 3 is 2.04 bits per heavy atom. The number of aromatic hydroxyl groups is 1. The number of fused-ring (bicyclic) bond motifs is 1. The molecule has 1 aliphatic heterocycles. The maximum Gasteiger partial charge on any atom is 0.414 e.